The van der Waals surface area contributed by atoms with Gasteiger partial charge < -0.3 is 14.8 Å². The van der Waals surface area contributed by atoms with Crippen molar-refractivity contribution in [2.45, 2.75) is 13.3 Å². The number of methoxy groups -OCH3 is 1. The highest BCUT2D eigenvalue weighted by Crippen LogP contribution is 2.30. The molecule has 1 N–H and O–H groups in total. The van der Waals surface area contributed by atoms with Gasteiger partial charge in [0, 0.05) is 25.9 Å². The van der Waals surface area contributed by atoms with Crippen molar-refractivity contribution in [3.63, 3.8) is 0 Å². The fraction of sp³-hybridized carbons (Fsp3) is 0.273. The van der Waals surface area contributed by atoms with Crippen LogP contribution in [0.15, 0.2) is 60.3 Å². The number of hydrogen-bond acceptors (Lipinski definition) is 5. The summed E-state index contributed by atoms with van der Waals surface area (Å²) in [5.74, 6) is 0.134. The van der Waals surface area contributed by atoms with Gasteiger partial charge in [-0.05, 0) is 43.2 Å². The van der Waals surface area contributed by atoms with Crippen molar-refractivity contribution in [2.75, 3.05) is 32.2 Å². The molecule has 0 fully saturated rings. The first-order valence-electron chi connectivity index (χ1n) is 9.30. The second-order valence-corrected chi connectivity index (χ2v) is 6.31. The number of imide groups is 1. The maximum absolute atomic E-state index is 13.0. The number of nitrogens with zero attached hydrogens (tertiary/aromatic N) is 1. The quantitative estimate of drug-likeness (QED) is 0.534. The molecule has 0 bridgehead atoms. The third-order valence-electron chi connectivity index (χ3n) is 4.40. The summed E-state index contributed by atoms with van der Waals surface area (Å²) in [5, 5.41) is 3.14. The smallest absolute Gasteiger partial charge is 0.278 e. The first kappa shape index (κ1) is 19.6. The molecule has 0 atom stereocenters. The molecule has 28 heavy (non-hydrogen) atoms. The molecule has 3 rings (SSSR count). The molecule has 1 aliphatic heterocycles. The lowest BCUT2D eigenvalue weighted by Gasteiger charge is -2.15. The lowest BCUT2D eigenvalue weighted by atomic mass is 10.0. The third kappa shape index (κ3) is 4.23. The van der Waals surface area contributed by atoms with Gasteiger partial charge in [0.05, 0.1) is 12.2 Å². The minimum Gasteiger partial charge on any atom is -0.494 e. The van der Waals surface area contributed by atoms with E-state index in [2.05, 4.69) is 5.32 Å². The SMILES string of the molecule is CCOc1ccc(NC2=C(c3ccccc3)C(=O)N(CCCOC)C2=O)cc1. The van der Waals surface area contributed by atoms with Crippen molar-refractivity contribution in [3.8, 4) is 5.75 Å². The maximum Gasteiger partial charge on any atom is 0.278 e. The number of carbonyl (C=O) groups is 2. The summed E-state index contributed by atoms with van der Waals surface area (Å²) in [6.45, 7) is 3.30. The molecule has 146 valence electrons. The molecular weight excluding hydrogens is 356 g/mol. The van der Waals surface area contributed by atoms with Gasteiger partial charge in [-0.1, -0.05) is 30.3 Å². The first-order valence-corrected chi connectivity index (χ1v) is 9.30. The molecule has 2 amide bonds. The average molecular weight is 380 g/mol. The Morgan fingerprint density at radius 2 is 1.68 bits per heavy atom. The lowest BCUT2D eigenvalue weighted by molar-refractivity contribution is -0.136. The molecule has 0 radical (unpaired) electrons. The molecule has 0 unspecified atom stereocenters. The van der Waals surface area contributed by atoms with Gasteiger partial charge in [-0.3, -0.25) is 14.5 Å². The van der Waals surface area contributed by atoms with Crippen LogP contribution in [-0.2, 0) is 14.3 Å². The first-order chi connectivity index (χ1) is 13.7. The summed E-state index contributed by atoms with van der Waals surface area (Å²) in [7, 11) is 1.60. The summed E-state index contributed by atoms with van der Waals surface area (Å²) in [6, 6.07) is 16.5. The highest BCUT2D eigenvalue weighted by atomic mass is 16.5. The molecule has 2 aromatic rings. The van der Waals surface area contributed by atoms with Gasteiger partial charge in [0.1, 0.15) is 11.4 Å². The lowest BCUT2D eigenvalue weighted by Crippen LogP contribution is -2.33. The number of hydrogen-bond donors (Lipinski definition) is 1. The van der Waals surface area contributed by atoms with Gasteiger partial charge in [0.2, 0.25) is 0 Å². The molecule has 1 heterocycles. The van der Waals surface area contributed by atoms with Gasteiger partial charge in [-0.25, -0.2) is 0 Å². The van der Waals surface area contributed by atoms with E-state index in [1.165, 1.54) is 4.90 Å². The predicted octanol–water partition coefficient (Wildman–Crippen LogP) is 3.31. The van der Waals surface area contributed by atoms with Gasteiger partial charge in [0.25, 0.3) is 11.8 Å². The van der Waals surface area contributed by atoms with Crippen molar-refractivity contribution < 1.29 is 19.1 Å². The number of ether oxygens (including phenoxy) is 2. The molecule has 0 saturated carbocycles. The molecular formula is C22H24N2O4. The van der Waals surface area contributed by atoms with Crippen molar-refractivity contribution in [1.29, 1.82) is 0 Å². The zero-order valence-corrected chi connectivity index (χ0v) is 16.1. The minimum atomic E-state index is -0.325. The van der Waals surface area contributed by atoms with E-state index in [9.17, 15) is 9.59 Å². The van der Waals surface area contributed by atoms with Crippen molar-refractivity contribution in [2.24, 2.45) is 0 Å². The number of benzene rings is 2. The molecule has 6 nitrogen and oxygen atoms in total. The zero-order valence-electron chi connectivity index (χ0n) is 16.1. The van der Waals surface area contributed by atoms with E-state index in [0.29, 0.717) is 43.0 Å². The van der Waals surface area contributed by atoms with Crippen LogP contribution in [-0.4, -0.2) is 43.6 Å². The zero-order chi connectivity index (χ0) is 19.9. The summed E-state index contributed by atoms with van der Waals surface area (Å²) in [4.78, 5) is 27.3. The van der Waals surface area contributed by atoms with E-state index in [0.717, 1.165) is 5.75 Å². The topological polar surface area (TPSA) is 67.9 Å². The van der Waals surface area contributed by atoms with E-state index < -0.39 is 0 Å². The number of amides is 2. The van der Waals surface area contributed by atoms with Crippen molar-refractivity contribution >= 4 is 23.1 Å². The van der Waals surface area contributed by atoms with E-state index in [-0.39, 0.29) is 17.5 Å². The average Bonchev–Trinajstić information content (AvgIpc) is 2.94. The van der Waals surface area contributed by atoms with Crippen LogP contribution in [0, 0.1) is 0 Å². The molecule has 0 aromatic heterocycles. The Labute approximate surface area is 164 Å². The van der Waals surface area contributed by atoms with E-state index >= 15 is 0 Å². The Hall–Kier alpha value is -3.12. The maximum atomic E-state index is 13.0. The normalized spacial score (nSPS) is 14.0. The van der Waals surface area contributed by atoms with Crippen molar-refractivity contribution in [1.82, 2.24) is 4.90 Å². The van der Waals surface area contributed by atoms with E-state index in [1.54, 1.807) is 7.11 Å². The number of anilines is 1. The van der Waals surface area contributed by atoms with Crippen LogP contribution in [0.25, 0.3) is 5.57 Å². The van der Waals surface area contributed by atoms with Crippen LogP contribution in [0.2, 0.25) is 0 Å². The van der Waals surface area contributed by atoms with E-state index in [4.69, 9.17) is 9.47 Å². The minimum absolute atomic E-state index is 0.290. The van der Waals surface area contributed by atoms with Crippen LogP contribution in [0.4, 0.5) is 5.69 Å². The van der Waals surface area contributed by atoms with Crippen LogP contribution < -0.4 is 10.1 Å². The second-order valence-electron chi connectivity index (χ2n) is 6.31. The number of carbonyl (C=O) groups excluding carboxylic acids is 2. The second kappa shape index (κ2) is 9.19. The summed E-state index contributed by atoms with van der Waals surface area (Å²) < 4.78 is 10.5. The Morgan fingerprint density at radius 1 is 0.964 bits per heavy atom. The predicted molar refractivity (Wildman–Crippen MR) is 108 cm³/mol. The van der Waals surface area contributed by atoms with Crippen molar-refractivity contribution in [3.05, 3.63) is 65.9 Å². The van der Waals surface area contributed by atoms with Crippen LogP contribution in [0.3, 0.4) is 0 Å². The van der Waals surface area contributed by atoms with Gasteiger partial charge in [-0.15, -0.1) is 0 Å². The number of rotatable bonds is 9. The highest BCUT2D eigenvalue weighted by Gasteiger charge is 2.38. The van der Waals surface area contributed by atoms with Crippen LogP contribution >= 0.6 is 0 Å². The Bertz CT molecular complexity index is 860. The highest BCUT2D eigenvalue weighted by molar-refractivity contribution is 6.36. The molecule has 0 aliphatic carbocycles. The van der Waals surface area contributed by atoms with Crippen LogP contribution in [0.1, 0.15) is 18.9 Å². The van der Waals surface area contributed by atoms with Gasteiger partial charge in [-0.2, -0.15) is 0 Å². The standard InChI is InChI=1S/C22H24N2O4/c1-3-28-18-12-10-17(11-13-18)23-20-19(16-8-5-4-6-9-16)21(25)24(22(20)26)14-7-15-27-2/h4-6,8-13,23H,3,7,14-15H2,1-2H3. The molecule has 0 saturated heterocycles. The van der Waals surface area contributed by atoms with E-state index in [1.807, 2.05) is 61.5 Å². The van der Waals surface area contributed by atoms with Gasteiger partial charge >= 0.3 is 0 Å². The number of nitrogens with one attached hydrogen (secondary N) is 1. The Kier molecular flexibility index (Phi) is 6.45. The fourth-order valence-electron chi connectivity index (χ4n) is 3.08. The molecule has 2 aromatic carbocycles. The third-order valence-corrected chi connectivity index (χ3v) is 4.40. The summed E-state index contributed by atoms with van der Waals surface area (Å²) in [6.07, 6.45) is 0.590. The molecule has 6 heteroatoms. The molecule has 1 aliphatic rings. The molecule has 0 spiro atoms. The van der Waals surface area contributed by atoms with Crippen LogP contribution in [0.5, 0.6) is 5.75 Å². The Morgan fingerprint density at radius 3 is 2.32 bits per heavy atom. The summed E-state index contributed by atoms with van der Waals surface area (Å²) >= 11 is 0. The summed E-state index contributed by atoms with van der Waals surface area (Å²) in [5.41, 5.74) is 2.10. The monoisotopic (exact) mass is 380 g/mol. The fourth-order valence-corrected chi connectivity index (χ4v) is 3.08. The Balaban J connectivity index is 1.91. The van der Waals surface area contributed by atoms with Gasteiger partial charge in [0.15, 0.2) is 0 Å². The largest absolute Gasteiger partial charge is 0.494 e.